The topological polar surface area (TPSA) is 17.1 Å². The van der Waals surface area contributed by atoms with Crippen LogP contribution < -0.4 is 0 Å². The van der Waals surface area contributed by atoms with Gasteiger partial charge in [0, 0.05) is 4.47 Å². The molecule has 4 heteroatoms. The third-order valence-corrected chi connectivity index (χ3v) is 2.77. The van der Waals surface area contributed by atoms with E-state index >= 15 is 0 Å². The van der Waals surface area contributed by atoms with Gasteiger partial charge in [0.05, 0.1) is 4.83 Å². The van der Waals surface area contributed by atoms with Gasteiger partial charge >= 0.3 is 0 Å². The van der Waals surface area contributed by atoms with Crippen molar-refractivity contribution in [1.82, 2.24) is 0 Å². The Morgan fingerprint density at radius 2 is 2.17 bits per heavy atom. The van der Waals surface area contributed by atoms with Gasteiger partial charge < -0.3 is 4.79 Å². The molecule has 1 nitrogen and oxygen atoms in total. The van der Waals surface area contributed by atoms with Crippen molar-refractivity contribution in [2.75, 3.05) is 0 Å². The molecule has 1 aromatic rings. The standard InChI is InChI=1S/C8H5Br2FO/c9-7-3-5(11)1-2-6(7)8(10)4-12/h1-4,8H. The van der Waals surface area contributed by atoms with Crippen LogP contribution in [0, 0.1) is 5.82 Å². The van der Waals surface area contributed by atoms with Crippen molar-refractivity contribution in [3.63, 3.8) is 0 Å². The lowest BCUT2D eigenvalue weighted by atomic mass is 10.2. The highest BCUT2D eigenvalue weighted by Crippen LogP contribution is 2.28. The Kier molecular flexibility index (Phi) is 3.40. The molecule has 0 N–H and O–H groups in total. The molecular weight excluding hydrogens is 291 g/mol. The Morgan fingerprint density at radius 3 is 2.67 bits per heavy atom. The van der Waals surface area contributed by atoms with Gasteiger partial charge in [-0.2, -0.15) is 0 Å². The second-order valence-electron chi connectivity index (χ2n) is 2.20. The number of benzene rings is 1. The van der Waals surface area contributed by atoms with E-state index in [1.54, 1.807) is 6.07 Å². The van der Waals surface area contributed by atoms with Gasteiger partial charge in [-0.15, -0.1) is 0 Å². The summed E-state index contributed by atoms with van der Waals surface area (Å²) in [5.74, 6) is -0.323. The van der Waals surface area contributed by atoms with Gasteiger partial charge in [0.2, 0.25) is 0 Å². The van der Waals surface area contributed by atoms with Crippen molar-refractivity contribution in [2.24, 2.45) is 0 Å². The Balaban J connectivity index is 3.09. The van der Waals surface area contributed by atoms with Crippen LogP contribution in [-0.4, -0.2) is 6.29 Å². The molecule has 1 rings (SSSR count). The van der Waals surface area contributed by atoms with Crippen molar-refractivity contribution in [3.05, 3.63) is 34.1 Å². The highest BCUT2D eigenvalue weighted by atomic mass is 79.9. The summed E-state index contributed by atoms with van der Waals surface area (Å²) in [4.78, 5) is 10.00. The van der Waals surface area contributed by atoms with Gasteiger partial charge in [0.15, 0.2) is 0 Å². The van der Waals surface area contributed by atoms with Gasteiger partial charge in [-0.25, -0.2) is 4.39 Å². The maximum absolute atomic E-state index is 12.6. The van der Waals surface area contributed by atoms with Gasteiger partial charge in [0.25, 0.3) is 0 Å². The van der Waals surface area contributed by atoms with Crippen LogP contribution in [0.3, 0.4) is 0 Å². The van der Waals surface area contributed by atoms with Crippen molar-refractivity contribution >= 4 is 38.1 Å². The number of halogens is 3. The van der Waals surface area contributed by atoms with Gasteiger partial charge in [0.1, 0.15) is 12.1 Å². The van der Waals surface area contributed by atoms with Crippen molar-refractivity contribution in [1.29, 1.82) is 0 Å². The molecule has 0 amide bonds. The minimum Gasteiger partial charge on any atom is -0.302 e. The highest BCUT2D eigenvalue weighted by molar-refractivity contribution is 9.11. The SMILES string of the molecule is O=CC(Br)c1ccc(F)cc1Br. The number of carbonyl (C=O) groups excluding carboxylic acids is 1. The van der Waals surface area contributed by atoms with Crippen LogP contribution in [0.4, 0.5) is 4.39 Å². The van der Waals surface area contributed by atoms with Crippen molar-refractivity contribution < 1.29 is 9.18 Å². The van der Waals surface area contributed by atoms with Crippen molar-refractivity contribution in [2.45, 2.75) is 4.83 Å². The smallest absolute Gasteiger partial charge is 0.138 e. The minimum atomic E-state index is -0.382. The number of hydrogen-bond acceptors (Lipinski definition) is 1. The fourth-order valence-corrected chi connectivity index (χ4v) is 2.10. The number of rotatable bonds is 2. The van der Waals surface area contributed by atoms with E-state index in [2.05, 4.69) is 31.9 Å². The quantitative estimate of drug-likeness (QED) is 0.605. The zero-order chi connectivity index (χ0) is 9.14. The van der Waals surface area contributed by atoms with Crippen LogP contribution in [0.5, 0.6) is 0 Å². The summed E-state index contributed by atoms with van der Waals surface area (Å²) in [7, 11) is 0. The first-order chi connectivity index (χ1) is 5.65. The average Bonchev–Trinajstić information content (AvgIpc) is 2.03. The molecule has 12 heavy (non-hydrogen) atoms. The zero-order valence-corrected chi connectivity index (χ0v) is 9.10. The van der Waals surface area contributed by atoms with Crippen LogP contribution in [0.15, 0.2) is 22.7 Å². The molecule has 0 spiro atoms. The molecule has 0 aliphatic carbocycles. The third-order valence-electron chi connectivity index (χ3n) is 1.38. The monoisotopic (exact) mass is 294 g/mol. The predicted molar refractivity (Wildman–Crippen MR) is 51.8 cm³/mol. The molecule has 0 fully saturated rings. The van der Waals surface area contributed by atoms with Crippen LogP contribution in [0.1, 0.15) is 10.4 Å². The fraction of sp³-hybridized carbons (Fsp3) is 0.125. The second-order valence-corrected chi connectivity index (χ2v) is 4.04. The molecular formula is C8H5Br2FO. The maximum atomic E-state index is 12.6. The van der Waals surface area contributed by atoms with Gasteiger partial charge in [-0.3, -0.25) is 0 Å². The molecule has 0 saturated heterocycles. The summed E-state index contributed by atoms with van der Waals surface area (Å²) < 4.78 is 13.2. The van der Waals surface area contributed by atoms with Crippen LogP contribution in [-0.2, 0) is 4.79 Å². The third kappa shape index (κ3) is 2.14. The first-order valence-corrected chi connectivity index (χ1v) is 4.90. The lowest BCUT2D eigenvalue weighted by Crippen LogP contribution is -1.92. The largest absolute Gasteiger partial charge is 0.302 e. The van der Waals surface area contributed by atoms with E-state index in [1.807, 2.05) is 0 Å². The number of hydrogen-bond donors (Lipinski definition) is 0. The predicted octanol–water partition coefficient (Wildman–Crippen LogP) is 3.22. The number of alkyl halides is 1. The van der Waals surface area contributed by atoms with E-state index in [1.165, 1.54) is 12.1 Å². The van der Waals surface area contributed by atoms with E-state index in [9.17, 15) is 9.18 Å². The number of aldehydes is 1. The lowest BCUT2D eigenvalue weighted by molar-refractivity contribution is -0.107. The average molecular weight is 296 g/mol. The first-order valence-electron chi connectivity index (χ1n) is 3.19. The maximum Gasteiger partial charge on any atom is 0.138 e. The molecule has 64 valence electrons. The van der Waals surface area contributed by atoms with E-state index in [0.717, 1.165) is 11.8 Å². The molecule has 0 heterocycles. The van der Waals surface area contributed by atoms with Crippen LogP contribution in [0.2, 0.25) is 0 Å². The normalized spacial score (nSPS) is 12.6. The van der Waals surface area contributed by atoms with E-state index in [4.69, 9.17) is 0 Å². The Bertz CT molecular complexity index is 301. The molecule has 1 unspecified atom stereocenters. The first kappa shape index (κ1) is 9.86. The molecule has 0 radical (unpaired) electrons. The Labute approximate surface area is 86.2 Å². The molecule has 1 aromatic carbocycles. The molecule has 0 aliphatic heterocycles. The molecule has 0 aromatic heterocycles. The summed E-state index contributed by atoms with van der Waals surface area (Å²) in [6.45, 7) is 0. The minimum absolute atomic E-state index is 0.323. The van der Waals surface area contributed by atoms with Gasteiger partial charge in [-0.05, 0) is 17.7 Å². The lowest BCUT2D eigenvalue weighted by Gasteiger charge is -2.04. The van der Waals surface area contributed by atoms with E-state index < -0.39 is 0 Å². The summed E-state index contributed by atoms with van der Waals surface area (Å²) in [6.07, 6.45) is 0.748. The zero-order valence-electron chi connectivity index (χ0n) is 5.93. The summed E-state index contributed by atoms with van der Waals surface area (Å²) in [6, 6.07) is 4.21. The van der Waals surface area contributed by atoms with Gasteiger partial charge in [-0.1, -0.05) is 37.9 Å². The van der Waals surface area contributed by atoms with E-state index in [0.29, 0.717) is 4.47 Å². The molecule has 1 atom stereocenters. The highest BCUT2D eigenvalue weighted by Gasteiger charge is 2.09. The summed E-state index contributed by atoms with van der Waals surface area (Å²) in [5.41, 5.74) is 0.728. The molecule has 0 bridgehead atoms. The van der Waals surface area contributed by atoms with Crippen LogP contribution in [0.25, 0.3) is 0 Å². The Morgan fingerprint density at radius 1 is 1.50 bits per heavy atom. The number of carbonyl (C=O) groups is 1. The van der Waals surface area contributed by atoms with Crippen molar-refractivity contribution in [3.8, 4) is 0 Å². The summed E-state index contributed by atoms with van der Waals surface area (Å²) >= 11 is 6.30. The molecule has 0 saturated carbocycles. The molecule has 0 aliphatic rings. The fourth-order valence-electron chi connectivity index (χ4n) is 0.798. The summed E-state index contributed by atoms with van der Waals surface area (Å²) in [5, 5.41) is 0. The van der Waals surface area contributed by atoms with Crippen LogP contribution >= 0.6 is 31.9 Å². The van der Waals surface area contributed by atoms with E-state index in [-0.39, 0.29) is 10.6 Å². The Hall–Kier alpha value is -0.220. The second kappa shape index (κ2) is 4.14.